The predicted molar refractivity (Wildman–Crippen MR) is 118 cm³/mol. The molecule has 0 heterocycles. The quantitative estimate of drug-likeness (QED) is 0.193. The number of hydrogen-bond acceptors (Lipinski definition) is 6. The first-order chi connectivity index (χ1) is 15.5. The lowest BCUT2D eigenvalue weighted by Crippen LogP contribution is -2.50. The summed E-state index contributed by atoms with van der Waals surface area (Å²) in [4.78, 5) is 35.4. The summed E-state index contributed by atoms with van der Waals surface area (Å²) >= 11 is 0. The van der Waals surface area contributed by atoms with Gasteiger partial charge in [-0.25, -0.2) is 5.48 Å². The number of carbonyl (C=O) groups is 3. The molecule has 2 rings (SSSR count). The summed E-state index contributed by atoms with van der Waals surface area (Å²) < 4.78 is 0. The first-order valence-electron chi connectivity index (χ1n) is 9.63. The van der Waals surface area contributed by atoms with Crippen LogP contribution in [0.5, 0.6) is 0 Å². The van der Waals surface area contributed by atoms with E-state index < -0.39 is 17.9 Å². The highest BCUT2D eigenvalue weighted by molar-refractivity contribution is 5.97. The van der Waals surface area contributed by atoms with Crippen molar-refractivity contribution in [3.63, 3.8) is 0 Å². The zero-order valence-electron chi connectivity index (χ0n) is 17.1. The molecule has 2 aromatic carbocycles. The minimum Gasteiger partial charge on any atom is -0.351 e. The molecule has 2 aromatic rings. The molecule has 0 bridgehead atoms. The Labute approximate surface area is 185 Å². The zero-order chi connectivity index (χ0) is 23.3. The Hall–Kier alpha value is -4.15. The van der Waals surface area contributed by atoms with Crippen molar-refractivity contribution in [1.29, 1.82) is 0 Å². The Bertz CT molecular complexity index is 1070. The van der Waals surface area contributed by atoms with E-state index in [1.54, 1.807) is 48.5 Å². The second-order valence-corrected chi connectivity index (χ2v) is 6.44. The fraction of sp³-hybridized carbons (Fsp3) is 0.174. The van der Waals surface area contributed by atoms with E-state index in [4.69, 9.17) is 16.7 Å². The number of rotatable bonds is 7. The summed E-state index contributed by atoms with van der Waals surface area (Å²) in [7, 11) is 0. The molecule has 1 atom stereocenters. The number of nitrogens with one attached hydrogen (secondary N) is 3. The standard InChI is InChI=1S/C23H23N5O4/c24-13-14-26-21(29)18-9-5-16(6-10-18)3-1-2-4-17-7-11-19(12-8-17)22(30)27-20(15-25)23(31)28-32/h5-12,20,32H,13-15,24-25H2,(H,26,29)(H,27,30)(H,28,31)/t20-/m0/s1. The van der Waals surface area contributed by atoms with Crippen LogP contribution in [0.4, 0.5) is 0 Å². The van der Waals surface area contributed by atoms with Crippen LogP contribution in [0, 0.1) is 23.7 Å². The largest absolute Gasteiger partial charge is 0.351 e. The average molecular weight is 433 g/mol. The molecular formula is C23H23N5O4. The van der Waals surface area contributed by atoms with Gasteiger partial charge in [0.05, 0.1) is 0 Å². The minimum atomic E-state index is -1.04. The van der Waals surface area contributed by atoms with E-state index in [0.717, 1.165) is 0 Å². The van der Waals surface area contributed by atoms with Crippen LogP contribution in [0.25, 0.3) is 0 Å². The average Bonchev–Trinajstić information content (AvgIpc) is 2.83. The van der Waals surface area contributed by atoms with Gasteiger partial charge in [0, 0.05) is 41.9 Å². The predicted octanol–water partition coefficient (Wildman–Crippen LogP) is -0.659. The van der Waals surface area contributed by atoms with Crippen molar-refractivity contribution >= 4 is 17.7 Å². The molecule has 0 aromatic heterocycles. The molecule has 9 heteroatoms. The maximum atomic E-state index is 12.2. The highest BCUT2D eigenvalue weighted by Gasteiger charge is 2.19. The summed E-state index contributed by atoms with van der Waals surface area (Å²) in [5.41, 5.74) is 14.4. The maximum Gasteiger partial charge on any atom is 0.267 e. The number of benzene rings is 2. The van der Waals surface area contributed by atoms with Crippen molar-refractivity contribution in [2.24, 2.45) is 11.5 Å². The van der Waals surface area contributed by atoms with E-state index >= 15 is 0 Å². The van der Waals surface area contributed by atoms with E-state index in [9.17, 15) is 14.4 Å². The third kappa shape index (κ3) is 7.27. The first-order valence-corrected chi connectivity index (χ1v) is 9.63. The summed E-state index contributed by atoms with van der Waals surface area (Å²) in [5, 5.41) is 13.7. The molecule has 164 valence electrons. The van der Waals surface area contributed by atoms with E-state index in [0.29, 0.717) is 35.3 Å². The lowest BCUT2D eigenvalue weighted by atomic mass is 10.1. The van der Waals surface area contributed by atoms with Crippen LogP contribution in [0.3, 0.4) is 0 Å². The van der Waals surface area contributed by atoms with Gasteiger partial charge in [-0.1, -0.05) is 11.8 Å². The van der Waals surface area contributed by atoms with Crippen LogP contribution in [-0.2, 0) is 4.79 Å². The first kappa shape index (κ1) is 24.1. The summed E-state index contributed by atoms with van der Waals surface area (Å²) in [6.07, 6.45) is 0. The molecule has 0 aliphatic carbocycles. The number of hydrogen-bond donors (Lipinski definition) is 6. The van der Waals surface area contributed by atoms with Crippen LogP contribution in [0.1, 0.15) is 31.8 Å². The van der Waals surface area contributed by atoms with Gasteiger partial charge in [0.2, 0.25) is 0 Å². The van der Waals surface area contributed by atoms with Crippen molar-refractivity contribution in [3.05, 3.63) is 70.8 Å². The molecule has 0 spiro atoms. The van der Waals surface area contributed by atoms with Gasteiger partial charge < -0.3 is 22.1 Å². The number of nitrogens with two attached hydrogens (primary N) is 2. The van der Waals surface area contributed by atoms with Gasteiger partial charge in [0.15, 0.2) is 0 Å². The Morgan fingerprint density at radius 2 is 1.34 bits per heavy atom. The van der Waals surface area contributed by atoms with Crippen molar-refractivity contribution in [2.45, 2.75) is 6.04 Å². The van der Waals surface area contributed by atoms with Crippen LogP contribution in [0.15, 0.2) is 48.5 Å². The third-order valence-electron chi connectivity index (χ3n) is 4.17. The molecular weight excluding hydrogens is 410 g/mol. The highest BCUT2D eigenvalue weighted by atomic mass is 16.5. The molecule has 0 fully saturated rings. The van der Waals surface area contributed by atoms with Crippen molar-refractivity contribution < 1.29 is 19.6 Å². The molecule has 0 aliphatic rings. The molecule has 0 saturated heterocycles. The maximum absolute atomic E-state index is 12.2. The van der Waals surface area contributed by atoms with Crippen LogP contribution >= 0.6 is 0 Å². The van der Waals surface area contributed by atoms with Crippen molar-refractivity contribution in [1.82, 2.24) is 16.1 Å². The van der Waals surface area contributed by atoms with Gasteiger partial charge in [0.25, 0.3) is 17.7 Å². The summed E-state index contributed by atoms with van der Waals surface area (Å²) in [6, 6.07) is 12.1. The minimum absolute atomic E-state index is 0.162. The molecule has 0 unspecified atom stereocenters. The zero-order valence-corrected chi connectivity index (χ0v) is 17.1. The van der Waals surface area contributed by atoms with E-state index in [1.165, 1.54) is 5.48 Å². The van der Waals surface area contributed by atoms with Gasteiger partial charge >= 0.3 is 0 Å². The van der Waals surface area contributed by atoms with E-state index in [2.05, 4.69) is 34.3 Å². The fourth-order valence-electron chi connectivity index (χ4n) is 2.46. The Morgan fingerprint density at radius 3 is 1.78 bits per heavy atom. The molecule has 32 heavy (non-hydrogen) atoms. The van der Waals surface area contributed by atoms with Crippen LogP contribution < -0.4 is 27.6 Å². The SMILES string of the molecule is NCCNC(=O)c1ccc(C#CC#Cc2ccc(C(=O)N[C@@H](CN)C(=O)NO)cc2)cc1. The molecule has 8 N–H and O–H groups in total. The molecule has 9 nitrogen and oxygen atoms in total. The Morgan fingerprint density at radius 1 is 0.844 bits per heavy atom. The van der Waals surface area contributed by atoms with Crippen molar-refractivity contribution in [3.8, 4) is 23.7 Å². The normalized spacial score (nSPS) is 10.5. The lowest BCUT2D eigenvalue weighted by Gasteiger charge is -2.14. The second-order valence-electron chi connectivity index (χ2n) is 6.44. The Balaban J connectivity index is 1.96. The summed E-state index contributed by atoms with van der Waals surface area (Å²) in [5.74, 6) is 9.71. The Kier molecular flexibility index (Phi) is 9.44. The monoisotopic (exact) mass is 433 g/mol. The molecule has 3 amide bonds. The highest BCUT2D eigenvalue weighted by Crippen LogP contribution is 2.05. The van der Waals surface area contributed by atoms with E-state index in [1.807, 2.05) is 0 Å². The van der Waals surface area contributed by atoms with E-state index in [-0.39, 0.29) is 12.5 Å². The topological polar surface area (TPSA) is 160 Å². The van der Waals surface area contributed by atoms with Gasteiger partial charge in [0.1, 0.15) is 6.04 Å². The molecule has 0 aliphatic heterocycles. The van der Waals surface area contributed by atoms with Gasteiger partial charge in [-0.05, 0) is 60.4 Å². The van der Waals surface area contributed by atoms with Crippen LogP contribution in [0.2, 0.25) is 0 Å². The lowest BCUT2D eigenvalue weighted by molar-refractivity contribution is -0.130. The molecule has 0 saturated carbocycles. The number of amides is 3. The summed E-state index contributed by atoms with van der Waals surface area (Å²) in [6.45, 7) is 0.628. The molecule has 0 radical (unpaired) electrons. The van der Waals surface area contributed by atoms with Crippen molar-refractivity contribution in [2.75, 3.05) is 19.6 Å². The van der Waals surface area contributed by atoms with Gasteiger partial charge in [-0.3, -0.25) is 19.6 Å². The third-order valence-corrected chi connectivity index (χ3v) is 4.17. The van der Waals surface area contributed by atoms with Crippen LogP contribution in [-0.4, -0.2) is 48.6 Å². The fourth-order valence-corrected chi connectivity index (χ4v) is 2.46. The second kappa shape index (κ2) is 12.5. The smallest absolute Gasteiger partial charge is 0.267 e. The van der Waals surface area contributed by atoms with Gasteiger partial charge in [-0.15, -0.1) is 0 Å². The number of hydroxylamine groups is 1. The number of carbonyl (C=O) groups excluding carboxylic acids is 3. The van der Waals surface area contributed by atoms with Gasteiger partial charge in [-0.2, -0.15) is 0 Å².